The van der Waals surface area contributed by atoms with E-state index in [1.807, 2.05) is 0 Å². The standard InChI is InChI=1S/C37H44N2O2S/c1-3-5-26-38(27-6-4-2)32-19-15-30(16-20-32)17-21-33-23-24-34(42-33)22-18-31-25-29-39(28-11-7-8-14-37(40)41)36-13-10-9-12-35(31)36/h9-10,12-13,15-25,29H,3-8,11,14,26-28H2,1-2H3/p+1. The first-order valence-electron chi connectivity index (χ1n) is 15.5. The van der Waals surface area contributed by atoms with Gasteiger partial charge < -0.3 is 10.0 Å². The number of carboxylic acid groups (broad SMARTS) is 1. The molecule has 0 aliphatic heterocycles. The number of pyridine rings is 1. The maximum Gasteiger partial charge on any atom is 0.303 e. The van der Waals surface area contributed by atoms with Crippen molar-refractivity contribution in [2.75, 3.05) is 18.0 Å². The van der Waals surface area contributed by atoms with Gasteiger partial charge in [-0.3, -0.25) is 4.79 Å². The average Bonchev–Trinajstić information content (AvgIpc) is 3.47. The van der Waals surface area contributed by atoms with Crippen molar-refractivity contribution in [3.63, 3.8) is 0 Å². The zero-order chi connectivity index (χ0) is 29.6. The first kappa shape index (κ1) is 31.2. The number of carbonyl (C=O) groups is 1. The maximum atomic E-state index is 10.8. The third kappa shape index (κ3) is 9.42. The number of aromatic nitrogens is 1. The fourth-order valence-electron chi connectivity index (χ4n) is 5.15. The fourth-order valence-corrected chi connectivity index (χ4v) is 5.96. The summed E-state index contributed by atoms with van der Waals surface area (Å²) >= 11 is 1.79. The zero-order valence-corrected chi connectivity index (χ0v) is 26.0. The van der Waals surface area contributed by atoms with E-state index >= 15 is 0 Å². The topological polar surface area (TPSA) is 44.4 Å². The lowest BCUT2D eigenvalue weighted by atomic mass is 10.1. The molecule has 0 fully saturated rings. The van der Waals surface area contributed by atoms with Crippen molar-refractivity contribution in [3.8, 4) is 0 Å². The smallest absolute Gasteiger partial charge is 0.303 e. The van der Waals surface area contributed by atoms with Crippen LogP contribution in [0.15, 0.2) is 72.9 Å². The molecule has 0 atom stereocenters. The van der Waals surface area contributed by atoms with E-state index in [1.165, 1.54) is 63.2 Å². The Morgan fingerprint density at radius 2 is 1.48 bits per heavy atom. The number of anilines is 1. The van der Waals surface area contributed by atoms with Gasteiger partial charge >= 0.3 is 5.97 Å². The molecule has 2 aromatic heterocycles. The number of benzene rings is 2. The average molecular weight is 582 g/mol. The third-order valence-electron chi connectivity index (χ3n) is 7.58. The quantitative estimate of drug-likeness (QED) is 0.0997. The Balaban J connectivity index is 1.38. The summed E-state index contributed by atoms with van der Waals surface area (Å²) in [6, 6.07) is 24.1. The number of aryl methyl sites for hydroxylation is 1. The van der Waals surface area contributed by atoms with Gasteiger partial charge in [-0.05, 0) is 79.3 Å². The van der Waals surface area contributed by atoms with Crippen LogP contribution in [0.25, 0.3) is 35.2 Å². The Hall–Kier alpha value is -3.70. The number of para-hydroxylation sites is 1. The largest absolute Gasteiger partial charge is 0.481 e. The van der Waals surface area contributed by atoms with Crippen LogP contribution in [-0.2, 0) is 11.3 Å². The second-order valence-electron chi connectivity index (χ2n) is 10.9. The molecule has 2 aromatic carbocycles. The van der Waals surface area contributed by atoms with Crippen LogP contribution in [0.5, 0.6) is 0 Å². The SMILES string of the molecule is CCCCN(CCCC)c1ccc(/C=C/c2ccc(/C=C/c3cc[n+](CCCCCC(=O)O)c4ccccc34)s2)cc1. The molecular weight excluding hydrogens is 536 g/mol. The van der Waals surface area contributed by atoms with E-state index in [2.05, 4.69) is 121 Å². The van der Waals surface area contributed by atoms with Crippen LogP contribution in [0.4, 0.5) is 5.69 Å². The molecule has 0 saturated heterocycles. The van der Waals surface area contributed by atoms with E-state index < -0.39 is 5.97 Å². The molecule has 2 heterocycles. The number of hydrogen-bond donors (Lipinski definition) is 1. The van der Waals surface area contributed by atoms with Gasteiger partial charge in [0.25, 0.3) is 0 Å². The molecule has 0 amide bonds. The Morgan fingerprint density at radius 1 is 0.786 bits per heavy atom. The van der Waals surface area contributed by atoms with Crippen LogP contribution >= 0.6 is 11.3 Å². The summed E-state index contributed by atoms with van der Waals surface area (Å²) in [6.07, 6.45) is 18.8. The second kappa shape index (κ2) is 16.7. The minimum atomic E-state index is -0.713. The lowest BCUT2D eigenvalue weighted by molar-refractivity contribution is -0.671. The lowest BCUT2D eigenvalue weighted by Crippen LogP contribution is -2.34. The first-order chi connectivity index (χ1) is 20.6. The highest BCUT2D eigenvalue weighted by atomic mass is 32.1. The monoisotopic (exact) mass is 581 g/mol. The van der Waals surface area contributed by atoms with Gasteiger partial charge in [0.1, 0.15) is 6.54 Å². The Labute approximate surface area is 255 Å². The lowest BCUT2D eigenvalue weighted by Gasteiger charge is -2.24. The van der Waals surface area contributed by atoms with Crippen LogP contribution < -0.4 is 9.47 Å². The summed E-state index contributed by atoms with van der Waals surface area (Å²) in [6.45, 7) is 7.67. The minimum absolute atomic E-state index is 0.250. The molecule has 0 unspecified atom stereocenters. The van der Waals surface area contributed by atoms with Crippen LogP contribution in [0, 0.1) is 0 Å². The van der Waals surface area contributed by atoms with Crippen molar-refractivity contribution in [2.24, 2.45) is 0 Å². The zero-order valence-electron chi connectivity index (χ0n) is 25.2. The predicted octanol–water partition coefficient (Wildman–Crippen LogP) is 9.58. The summed E-state index contributed by atoms with van der Waals surface area (Å²) < 4.78 is 2.28. The molecular formula is C37H45N2O2S+. The number of hydrogen-bond acceptors (Lipinski definition) is 3. The summed E-state index contributed by atoms with van der Waals surface area (Å²) in [5, 5.41) is 10.1. The number of rotatable bonds is 17. The van der Waals surface area contributed by atoms with Crippen LogP contribution in [-0.4, -0.2) is 24.2 Å². The van der Waals surface area contributed by atoms with E-state index in [4.69, 9.17) is 5.11 Å². The van der Waals surface area contributed by atoms with E-state index in [-0.39, 0.29) is 6.42 Å². The van der Waals surface area contributed by atoms with Crippen molar-refractivity contribution < 1.29 is 14.5 Å². The normalized spacial score (nSPS) is 11.7. The van der Waals surface area contributed by atoms with E-state index in [0.717, 1.165) is 38.9 Å². The number of fused-ring (bicyclic) bond motifs is 1. The number of thiophene rings is 1. The molecule has 0 spiro atoms. The van der Waals surface area contributed by atoms with Crippen molar-refractivity contribution in [2.45, 2.75) is 71.8 Å². The van der Waals surface area contributed by atoms with Gasteiger partial charge in [-0.25, -0.2) is 0 Å². The molecule has 0 saturated carbocycles. The first-order valence-corrected chi connectivity index (χ1v) is 16.3. The number of carboxylic acids is 1. The molecule has 5 heteroatoms. The number of unbranched alkanes of at least 4 members (excludes halogenated alkanes) is 4. The molecule has 1 N–H and O–H groups in total. The van der Waals surface area contributed by atoms with Crippen molar-refractivity contribution in [1.82, 2.24) is 0 Å². The summed E-state index contributed by atoms with van der Waals surface area (Å²) in [4.78, 5) is 15.8. The molecule has 4 aromatic rings. The van der Waals surface area contributed by atoms with E-state index in [1.54, 1.807) is 11.3 Å². The highest BCUT2D eigenvalue weighted by Gasteiger charge is 2.11. The highest BCUT2D eigenvalue weighted by molar-refractivity contribution is 7.13. The van der Waals surface area contributed by atoms with Gasteiger partial charge in [0.05, 0.1) is 5.39 Å². The number of nitrogens with zero attached hydrogens (tertiary/aromatic N) is 2. The third-order valence-corrected chi connectivity index (χ3v) is 8.60. The van der Waals surface area contributed by atoms with Gasteiger partial charge in [0, 0.05) is 53.5 Å². The Bertz CT molecular complexity index is 1460. The molecule has 220 valence electrons. The molecule has 42 heavy (non-hydrogen) atoms. The van der Waals surface area contributed by atoms with E-state index in [9.17, 15) is 4.79 Å². The van der Waals surface area contributed by atoms with Gasteiger partial charge in [-0.2, -0.15) is 4.57 Å². The maximum absolute atomic E-state index is 10.8. The predicted molar refractivity (Wildman–Crippen MR) is 181 cm³/mol. The molecule has 0 aliphatic rings. The molecule has 0 radical (unpaired) electrons. The highest BCUT2D eigenvalue weighted by Crippen LogP contribution is 2.24. The molecule has 4 nitrogen and oxygen atoms in total. The van der Waals surface area contributed by atoms with Gasteiger partial charge in [0.2, 0.25) is 5.52 Å². The number of aliphatic carboxylic acids is 1. The fraction of sp³-hybridized carbons (Fsp3) is 0.351. The Kier molecular flexibility index (Phi) is 12.4. The van der Waals surface area contributed by atoms with Gasteiger partial charge in [0.15, 0.2) is 6.20 Å². The van der Waals surface area contributed by atoms with Crippen LogP contribution in [0.3, 0.4) is 0 Å². The van der Waals surface area contributed by atoms with Crippen LogP contribution in [0.2, 0.25) is 0 Å². The van der Waals surface area contributed by atoms with Gasteiger partial charge in [-0.1, -0.05) is 63.1 Å². The van der Waals surface area contributed by atoms with Crippen molar-refractivity contribution in [3.05, 3.63) is 93.8 Å². The second-order valence-corrected chi connectivity index (χ2v) is 12.0. The summed E-state index contributed by atoms with van der Waals surface area (Å²) in [7, 11) is 0. The Morgan fingerprint density at radius 3 is 2.17 bits per heavy atom. The van der Waals surface area contributed by atoms with Crippen molar-refractivity contribution in [1.29, 1.82) is 0 Å². The van der Waals surface area contributed by atoms with Crippen molar-refractivity contribution >= 4 is 58.2 Å². The molecule has 0 bridgehead atoms. The summed E-state index contributed by atoms with van der Waals surface area (Å²) in [5.74, 6) is -0.713. The molecule has 0 aliphatic carbocycles. The van der Waals surface area contributed by atoms with E-state index in [0.29, 0.717) is 0 Å². The summed E-state index contributed by atoms with van der Waals surface area (Å²) in [5.41, 5.74) is 4.95. The van der Waals surface area contributed by atoms with Crippen LogP contribution in [0.1, 0.15) is 86.1 Å². The van der Waals surface area contributed by atoms with Gasteiger partial charge in [-0.15, -0.1) is 11.3 Å². The minimum Gasteiger partial charge on any atom is -0.481 e. The molecule has 4 rings (SSSR count).